The average molecular weight is 260 g/mol. The molecule has 1 aromatic heterocycles. The van der Waals surface area contributed by atoms with Gasteiger partial charge in [-0.1, -0.05) is 30.3 Å². The molecule has 0 aliphatic carbocycles. The normalized spacial score (nSPS) is 11.9. The Labute approximate surface area is 111 Å². The van der Waals surface area contributed by atoms with Crippen molar-refractivity contribution in [2.24, 2.45) is 0 Å². The second-order valence-corrected chi connectivity index (χ2v) is 4.14. The van der Waals surface area contributed by atoms with E-state index in [9.17, 15) is 4.79 Å². The van der Waals surface area contributed by atoms with E-state index < -0.39 is 6.10 Å². The second-order valence-electron chi connectivity index (χ2n) is 4.14. The highest BCUT2D eigenvalue weighted by molar-refractivity contribution is 5.93. The van der Waals surface area contributed by atoms with Gasteiger partial charge in [-0.05, 0) is 25.5 Å². The molecule has 5 heteroatoms. The zero-order chi connectivity index (χ0) is 13.7. The van der Waals surface area contributed by atoms with Gasteiger partial charge in [0.05, 0.1) is 0 Å². The molecule has 0 radical (unpaired) electrons. The van der Waals surface area contributed by atoms with Crippen molar-refractivity contribution in [3.8, 4) is 5.75 Å². The van der Waals surface area contributed by atoms with Gasteiger partial charge in [0, 0.05) is 6.07 Å². The van der Waals surface area contributed by atoms with Crippen LogP contribution in [0.15, 0.2) is 40.9 Å². The Morgan fingerprint density at radius 1 is 1.42 bits per heavy atom. The second kappa shape index (κ2) is 6.04. The molecular weight excluding hydrogens is 244 g/mol. The monoisotopic (exact) mass is 260 g/mol. The number of hydrogen-bond donors (Lipinski definition) is 1. The number of carbonyl (C=O) groups excluding carboxylic acids is 1. The molecule has 0 aliphatic heterocycles. The van der Waals surface area contributed by atoms with Gasteiger partial charge in [-0.3, -0.25) is 4.79 Å². The SMILES string of the molecule is CC[C@@H](Oc1ccccc1)C(=O)Nc1cc(C)on1. The van der Waals surface area contributed by atoms with Gasteiger partial charge in [0.15, 0.2) is 11.9 Å². The molecule has 0 saturated heterocycles. The zero-order valence-electron chi connectivity index (χ0n) is 10.9. The van der Waals surface area contributed by atoms with E-state index in [1.54, 1.807) is 13.0 Å². The summed E-state index contributed by atoms with van der Waals surface area (Å²) in [5.41, 5.74) is 0. The fourth-order valence-electron chi connectivity index (χ4n) is 1.62. The lowest BCUT2D eigenvalue weighted by Gasteiger charge is -2.16. The number of nitrogens with one attached hydrogen (secondary N) is 1. The van der Waals surface area contributed by atoms with Gasteiger partial charge < -0.3 is 14.6 Å². The average Bonchev–Trinajstić information content (AvgIpc) is 2.82. The Kier molecular flexibility index (Phi) is 4.18. The van der Waals surface area contributed by atoms with E-state index in [1.807, 2.05) is 37.3 Å². The van der Waals surface area contributed by atoms with E-state index in [4.69, 9.17) is 9.26 Å². The minimum Gasteiger partial charge on any atom is -0.481 e. The first kappa shape index (κ1) is 13.1. The quantitative estimate of drug-likeness (QED) is 0.897. The summed E-state index contributed by atoms with van der Waals surface area (Å²) in [6.45, 7) is 3.65. The summed E-state index contributed by atoms with van der Waals surface area (Å²) in [6.07, 6.45) is 0.0109. The molecule has 1 N–H and O–H groups in total. The Balaban J connectivity index is 1.99. The highest BCUT2D eigenvalue weighted by Gasteiger charge is 2.19. The van der Waals surface area contributed by atoms with Gasteiger partial charge >= 0.3 is 0 Å². The molecule has 2 rings (SSSR count). The third kappa shape index (κ3) is 3.58. The maximum atomic E-state index is 12.0. The van der Waals surface area contributed by atoms with E-state index in [0.717, 1.165) is 0 Å². The smallest absolute Gasteiger partial charge is 0.266 e. The van der Waals surface area contributed by atoms with Gasteiger partial charge in [0.1, 0.15) is 11.5 Å². The highest BCUT2D eigenvalue weighted by atomic mass is 16.5. The van der Waals surface area contributed by atoms with E-state index in [1.165, 1.54) is 0 Å². The summed E-state index contributed by atoms with van der Waals surface area (Å²) >= 11 is 0. The van der Waals surface area contributed by atoms with E-state index in [0.29, 0.717) is 23.7 Å². The largest absolute Gasteiger partial charge is 0.481 e. The van der Waals surface area contributed by atoms with Crippen LogP contribution in [-0.4, -0.2) is 17.2 Å². The Hall–Kier alpha value is -2.30. The maximum absolute atomic E-state index is 12.0. The third-order valence-corrected chi connectivity index (χ3v) is 2.56. The van der Waals surface area contributed by atoms with Crippen molar-refractivity contribution in [1.82, 2.24) is 5.16 Å². The van der Waals surface area contributed by atoms with Gasteiger partial charge in [-0.25, -0.2) is 0 Å². The molecule has 0 spiro atoms. The predicted octanol–water partition coefficient (Wildman–Crippen LogP) is 2.78. The molecule has 1 amide bonds. The first-order chi connectivity index (χ1) is 9.19. The third-order valence-electron chi connectivity index (χ3n) is 2.56. The van der Waals surface area contributed by atoms with Gasteiger partial charge in [-0.15, -0.1) is 0 Å². The Morgan fingerprint density at radius 2 is 2.16 bits per heavy atom. The Morgan fingerprint density at radius 3 is 2.74 bits per heavy atom. The standard InChI is InChI=1S/C14H16N2O3/c1-3-12(18-11-7-5-4-6-8-11)14(17)15-13-9-10(2)19-16-13/h4-9,12H,3H2,1-2H3,(H,15,16,17)/t12-/m1/s1. The highest BCUT2D eigenvalue weighted by Crippen LogP contribution is 2.14. The van der Waals surface area contributed by atoms with Crippen LogP contribution in [0.1, 0.15) is 19.1 Å². The molecule has 0 bridgehead atoms. The van der Waals surface area contributed by atoms with Crippen molar-refractivity contribution >= 4 is 11.7 Å². The first-order valence-electron chi connectivity index (χ1n) is 6.15. The van der Waals surface area contributed by atoms with Gasteiger partial charge in [0.2, 0.25) is 0 Å². The molecule has 5 nitrogen and oxygen atoms in total. The van der Waals surface area contributed by atoms with Crippen LogP contribution in [0.4, 0.5) is 5.82 Å². The molecule has 19 heavy (non-hydrogen) atoms. The van der Waals surface area contributed by atoms with Crippen LogP contribution < -0.4 is 10.1 Å². The van der Waals surface area contributed by atoms with Crippen LogP contribution in [0.5, 0.6) is 5.75 Å². The van der Waals surface area contributed by atoms with Crippen molar-refractivity contribution in [2.75, 3.05) is 5.32 Å². The van der Waals surface area contributed by atoms with Crippen molar-refractivity contribution in [2.45, 2.75) is 26.4 Å². The number of carbonyl (C=O) groups is 1. The summed E-state index contributed by atoms with van der Waals surface area (Å²) in [5, 5.41) is 6.38. The minimum absolute atomic E-state index is 0.236. The molecule has 100 valence electrons. The number of ether oxygens (including phenoxy) is 1. The fraction of sp³-hybridized carbons (Fsp3) is 0.286. The summed E-state index contributed by atoms with van der Waals surface area (Å²) < 4.78 is 10.5. The topological polar surface area (TPSA) is 64.4 Å². The number of aryl methyl sites for hydroxylation is 1. The summed E-state index contributed by atoms with van der Waals surface area (Å²) in [7, 11) is 0. The van der Waals surface area contributed by atoms with E-state index >= 15 is 0 Å². The molecule has 0 saturated carbocycles. The van der Waals surface area contributed by atoms with Crippen molar-refractivity contribution in [1.29, 1.82) is 0 Å². The van der Waals surface area contributed by atoms with E-state index in [-0.39, 0.29) is 5.91 Å². The summed E-state index contributed by atoms with van der Waals surface area (Å²) in [5.74, 6) is 1.48. The number of benzene rings is 1. The maximum Gasteiger partial charge on any atom is 0.266 e. The minimum atomic E-state index is -0.556. The molecule has 1 aromatic carbocycles. The van der Waals surface area contributed by atoms with Gasteiger partial charge in [0.25, 0.3) is 5.91 Å². The number of aromatic nitrogens is 1. The lowest BCUT2D eigenvalue weighted by molar-refractivity contribution is -0.122. The van der Waals surface area contributed by atoms with Crippen LogP contribution in [0.25, 0.3) is 0 Å². The zero-order valence-corrected chi connectivity index (χ0v) is 10.9. The molecule has 2 aromatic rings. The molecule has 0 aliphatic rings. The number of anilines is 1. The fourth-order valence-corrected chi connectivity index (χ4v) is 1.62. The summed E-state index contributed by atoms with van der Waals surface area (Å²) in [4.78, 5) is 12.0. The predicted molar refractivity (Wildman–Crippen MR) is 71.0 cm³/mol. The van der Waals surface area contributed by atoms with Crippen LogP contribution in [0, 0.1) is 6.92 Å². The Bertz CT molecular complexity index is 537. The van der Waals surface area contributed by atoms with Crippen LogP contribution in [0.3, 0.4) is 0 Å². The lowest BCUT2D eigenvalue weighted by atomic mass is 10.2. The number of nitrogens with zero attached hydrogens (tertiary/aromatic N) is 1. The molecule has 0 fully saturated rings. The molecule has 1 heterocycles. The summed E-state index contributed by atoms with van der Waals surface area (Å²) in [6, 6.07) is 10.9. The van der Waals surface area contributed by atoms with E-state index in [2.05, 4.69) is 10.5 Å². The molecular formula is C14H16N2O3. The van der Waals surface area contributed by atoms with Crippen molar-refractivity contribution in [3.63, 3.8) is 0 Å². The van der Waals surface area contributed by atoms with Crippen LogP contribution in [-0.2, 0) is 4.79 Å². The number of amides is 1. The number of para-hydroxylation sites is 1. The van der Waals surface area contributed by atoms with Crippen molar-refractivity contribution in [3.05, 3.63) is 42.2 Å². The number of hydrogen-bond acceptors (Lipinski definition) is 4. The van der Waals surface area contributed by atoms with Gasteiger partial charge in [-0.2, -0.15) is 0 Å². The first-order valence-corrected chi connectivity index (χ1v) is 6.15. The molecule has 0 unspecified atom stereocenters. The lowest BCUT2D eigenvalue weighted by Crippen LogP contribution is -2.32. The van der Waals surface area contributed by atoms with Crippen LogP contribution >= 0.6 is 0 Å². The van der Waals surface area contributed by atoms with Crippen molar-refractivity contribution < 1.29 is 14.1 Å². The number of rotatable bonds is 5. The molecule has 1 atom stereocenters. The van der Waals surface area contributed by atoms with Crippen LogP contribution in [0.2, 0.25) is 0 Å².